The second-order valence-corrected chi connectivity index (χ2v) is 9.08. The summed E-state index contributed by atoms with van der Waals surface area (Å²) in [6.07, 6.45) is -3.94. The van der Waals surface area contributed by atoms with Gasteiger partial charge in [-0.15, -0.1) is 5.10 Å². The van der Waals surface area contributed by atoms with Crippen molar-refractivity contribution in [3.05, 3.63) is 64.9 Å². The van der Waals surface area contributed by atoms with Crippen LogP contribution in [-0.4, -0.2) is 72.5 Å². The molecule has 0 unspecified atom stereocenters. The zero-order chi connectivity index (χ0) is 28.2. The van der Waals surface area contributed by atoms with E-state index >= 15 is 0 Å². The second-order valence-electron chi connectivity index (χ2n) is 8.67. The average Bonchev–Trinajstić information content (AvgIpc) is 3.39. The third kappa shape index (κ3) is 6.59. The highest BCUT2D eigenvalue weighted by Crippen LogP contribution is 2.33. The number of hydrogen-bond acceptors (Lipinski definition) is 8. The predicted molar refractivity (Wildman–Crippen MR) is 137 cm³/mol. The van der Waals surface area contributed by atoms with Crippen LogP contribution in [0.3, 0.4) is 0 Å². The van der Waals surface area contributed by atoms with Crippen molar-refractivity contribution in [1.82, 2.24) is 14.8 Å². The minimum atomic E-state index is -4.49. The van der Waals surface area contributed by atoms with Gasteiger partial charge in [-0.25, -0.2) is 9.67 Å². The topological polar surface area (TPSA) is 89.2 Å². The van der Waals surface area contributed by atoms with Crippen molar-refractivity contribution in [2.75, 3.05) is 20.8 Å². The monoisotopic (exact) mass is 568 g/mol. The van der Waals surface area contributed by atoms with E-state index in [0.29, 0.717) is 18.0 Å². The number of alkyl halides is 3. The van der Waals surface area contributed by atoms with E-state index in [1.54, 1.807) is 38.5 Å². The van der Waals surface area contributed by atoms with Gasteiger partial charge in [0, 0.05) is 26.4 Å². The van der Waals surface area contributed by atoms with Crippen molar-refractivity contribution in [2.45, 2.75) is 50.7 Å². The van der Waals surface area contributed by atoms with Gasteiger partial charge in [0.25, 0.3) is 6.29 Å². The lowest BCUT2D eigenvalue weighted by molar-refractivity contribution is -0.308. The molecule has 2 aromatic carbocycles. The highest BCUT2D eigenvalue weighted by atomic mass is 35.5. The van der Waals surface area contributed by atoms with Gasteiger partial charge >= 0.3 is 6.18 Å². The van der Waals surface area contributed by atoms with Crippen LogP contribution in [0.15, 0.2) is 53.9 Å². The molecule has 13 heteroatoms. The van der Waals surface area contributed by atoms with E-state index < -0.39 is 30.2 Å². The van der Waals surface area contributed by atoms with E-state index in [1.807, 2.05) is 13.8 Å². The first kappa shape index (κ1) is 29.0. The van der Waals surface area contributed by atoms with Gasteiger partial charge in [0.1, 0.15) is 18.5 Å². The van der Waals surface area contributed by atoms with E-state index in [1.165, 1.54) is 23.3 Å². The Hall–Kier alpha value is -3.03. The zero-order valence-corrected chi connectivity index (χ0v) is 22.4. The van der Waals surface area contributed by atoms with Gasteiger partial charge in [0.2, 0.25) is 0 Å². The number of halogens is 4. The molecule has 0 N–H and O–H groups in total. The van der Waals surface area contributed by atoms with E-state index in [2.05, 4.69) is 15.2 Å². The minimum absolute atomic E-state index is 0.0924. The van der Waals surface area contributed by atoms with E-state index in [-0.39, 0.29) is 22.9 Å². The molecule has 2 heterocycles. The molecular weight excluding hydrogens is 541 g/mol. The molecule has 1 aliphatic rings. The summed E-state index contributed by atoms with van der Waals surface area (Å²) in [5.41, 5.74) is 0.858. The first-order valence-corrected chi connectivity index (χ1v) is 12.4. The molecule has 4 rings (SSSR count). The number of ether oxygens (including phenoxy) is 4. The second kappa shape index (κ2) is 12.4. The Labute approximate surface area is 228 Å². The molecule has 0 amide bonds. The number of rotatable bonds is 9. The Morgan fingerprint density at radius 1 is 1.08 bits per heavy atom. The van der Waals surface area contributed by atoms with Crippen molar-refractivity contribution in [1.29, 1.82) is 0 Å². The molecule has 0 radical (unpaired) electrons. The van der Waals surface area contributed by atoms with Gasteiger partial charge in [-0.3, -0.25) is 0 Å². The van der Waals surface area contributed by atoms with Crippen LogP contribution in [0.1, 0.15) is 25.0 Å². The lowest BCUT2D eigenvalue weighted by Gasteiger charge is -2.42. The van der Waals surface area contributed by atoms with Crippen molar-refractivity contribution in [2.24, 2.45) is 5.16 Å². The van der Waals surface area contributed by atoms with Crippen LogP contribution in [0.2, 0.25) is 5.02 Å². The number of methoxy groups -OCH3 is 2. The SMILES string of the molecule is CCO[C@@H]1[C@@H](OC)[C@H](C)O[C@@H](O/N=C/c2ccc(-c3ncn(-c4ccc(C(F)(F)F)cc4Cl)n3)cc2)[C@@H]1OC. The number of oxime groups is 1. The maximum atomic E-state index is 12.9. The summed E-state index contributed by atoms with van der Waals surface area (Å²) >= 11 is 6.07. The molecule has 1 saturated heterocycles. The minimum Gasteiger partial charge on any atom is -0.376 e. The van der Waals surface area contributed by atoms with Crippen LogP contribution < -0.4 is 0 Å². The smallest absolute Gasteiger partial charge is 0.376 e. The standard InChI is InChI=1S/C26H28ClF3N4O5/c1-5-37-22-21(35-3)15(2)38-25(23(22)36-4)39-32-13-16-6-8-17(9-7-16)24-31-14-34(33-24)20-11-10-18(12-19(20)27)26(28,29)30/h6-15,21-23,25H,5H2,1-4H3/b32-13+/t15-,21-,22+,23+,25-/m0/s1. The van der Waals surface area contributed by atoms with Crippen molar-refractivity contribution in [3.63, 3.8) is 0 Å². The molecule has 0 spiro atoms. The number of benzene rings is 2. The molecule has 210 valence electrons. The Kier molecular flexibility index (Phi) is 9.23. The van der Waals surface area contributed by atoms with Gasteiger partial charge in [-0.1, -0.05) is 41.0 Å². The quantitative estimate of drug-likeness (QED) is 0.261. The summed E-state index contributed by atoms with van der Waals surface area (Å²) in [4.78, 5) is 9.86. The number of aromatic nitrogens is 3. The van der Waals surface area contributed by atoms with Gasteiger partial charge in [-0.05, 0) is 37.6 Å². The average molecular weight is 569 g/mol. The fourth-order valence-corrected chi connectivity index (χ4v) is 4.53. The molecule has 1 aliphatic heterocycles. The first-order chi connectivity index (χ1) is 18.7. The largest absolute Gasteiger partial charge is 0.416 e. The molecule has 9 nitrogen and oxygen atoms in total. The van der Waals surface area contributed by atoms with Gasteiger partial charge in [0.05, 0.1) is 28.6 Å². The van der Waals surface area contributed by atoms with Crippen molar-refractivity contribution in [3.8, 4) is 17.1 Å². The Bertz CT molecular complexity index is 1270. The van der Waals surface area contributed by atoms with E-state index in [4.69, 9.17) is 35.4 Å². The Morgan fingerprint density at radius 2 is 1.79 bits per heavy atom. The summed E-state index contributed by atoms with van der Waals surface area (Å²) < 4.78 is 62.9. The van der Waals surface area contributed by atoms with Crippen molar-refractivity contribution >= 4 is 17.8 Å². The summed E-state index contributed by atoms with van der Waals surface area (Å²) in [6, 6.07) is 10.2. The van der Waals surface area contributed by atoms with Gasteiger partial charge < -0.3 is 23.8 Å². The first-order valence-electron chi connectivity index (χ1n) is 12.1. The van der Waals surface area contributed by atoms with E-state index in [0.717, 1.165) is 17.7 Å². The maximum absolute atomic E-state index is 12.9. The Balaban J connectivity index is 1.42. The lowest BCUT2D eigenvalue weighted by atomic mass is 9.99. The third-order valence-corrected chi connectivity index (χ3v) is 6.48. The van der Waals surface area contributed by atoms with E-state index in [9.17, 15) is 13.2 Å². The number of nitrogens with zero attached hydrogens (tertiary/aromatic N) is 4. The fourth-order valence-electron chi connectivity index (χ4n) is 4.26. The van der Waals surface area contributed by atoms with Crippen LogP contribution in [0, 0.1) is 0 Å². The van der Waals surface area contributed by atoms with Gasteiger partial charge in [0.15, 0.2) is 11.9 Å². The van der Waals surface area contributed by atoms with Crippen LogP contribution in [0.4, 0.5) is 13.2 Å². The summed E-state index contributed by atoms with van der Waals surface area (Å²) in [5.74, 6) is 0.368. The van der Waals surface area contributed by atoms with Gasteiger partial charge in [-0.2, -0.15) is 13.2 Å². The molecule has 1 aromatic heterocycles. The highest BCUT2D eigenvalue weighted by molar-refractivity contribution is 6.32. The molecule has 1 fully saturated rings. The molecule has 39 heavy (non-hydrogen) atoms. The van der Waals surface area contributed by atoms with Crippen LogP contribution in [-0.2, 0) is 30.0 Å². The third-order valence-electron chi connectivity index (χ3n) is 6.18. The summed E-state index contributed by atoms with van der Waals surface area (Å²) in [5, 5.41) is 8.32. The lowest BCUT2D eigenvalue weighted by Crippen LogP contribution is -2.59. The van der Waals surface area contributed by atoms with Crippen LogP contribution in [0.25, 0.3) is 17.1 Å². The van der Waals surface area contributed by atoms with Crippen molar-refractivity contribution < 1.29 is 37.0 Å². The molecule has 0 bridgehead atoms. The number of hydrogen-bond donors (Lipinski definition) is 0. The molecule has 0 saturated carbocycles. The molecule has 0 aliphatic carbocycles. The van der Waals surface area contributed by atoms with Crippen LogP contribution >= 0.6 is 11.6 Å². The summed E-state index contributed by atoms with van der Waals surface area (Å²) in [6.45, 7) is 4.23. The molecular formula is C26H28ClF3N4O5. The highest BCUT2D eigenvalue weighted by Gasteiger charge is 2.47. The normalized spacial score (nSPS) is 23.8. The summed E-state index contributed by atoms with van der Waals surface area (Å²) in [7, 11) is 3.14. The maximum Gasteiger partial charge on any atom is 0.416 e. The molecule has 5 atom stereocenters. The Morgan fingerprint density at radius 3 is 2.41 bits per heavy atom. The predicted octanol–water partition coefficient (Wildman–Crippen LogP) is 5.14. The zero-order valence-electron chi connectivity index (χ0n) is 21.6. The van der Waals surface area contributed by atoms with Crippen LogP contribution in [0.5, 0.6) is 0 Å². The molecule has 3 aromatic rings. The fraction of sp³-hybridized carbons (Fsp3) is 0.423.